The molecule has 2 N–H and O–H groups in total. The van der Waals surface area contributed by atoms with Gasteiger partial charge in [0.1, 0.15) is 5.82 Å². The standard InChI is InChI=1S/C18H18F3N3O2S/c19-11-1-2-12(20)17(21)16(11)9-5-14-13(23-18(27)24(14)7-9)6-15(25)22-10-3-4-26-8-10/h1-2,9-10H,3-8H2,(H,22,25)(H,23,27)/t9-,10-/m0/s1. The molecule has 0 unspecified atom stereocenters. The number of imidazole rings is 1. The number of aromatic amines is 1. The van der Waals surface area contributed by atoms with E-state index in [2.05, 4.69) is 10.3 Å². The Morgan fingerprint density at radius 1 is 1.33 bits per heavy atom. The van der Waals surface area contributed by atoms with Crippen molar-refractivity contribution in [1.29, 1.82) is 0 Å². The van der Waals surface area contributed by atoms with E-state index in [1.807, 2.05) is 0 Å². The minimum Gasteiger partial charge on any atom is -0.379 e. The van der Waals surface area contributed by atoms with Crippen molar-refractivity contribution in [2.75, 3.05) is 13.2 Å². The summed E-state index contributed by atoms with van der Waals surface area (Å²) in [7, 11) is 0. The zero-order chi connectivity index (χ0) is 19.1. The van der Waals surface area contributed by atoms with Gasteiger partial charge in [-0.05, 0) is 37.2 Å². The molecule has 4 rings (SSSR count). The largest absolute Gasteiger partial charge is 0.379 e. The van der Waals surface area contributed by atoms with E-state index in [0.29, 0.717) is 23.7 Å². The Morgan fingerprint density at radius 2 is 2.11 bits per heavy atom. The van der Waals surface area contributed by atoms with E-state index in [4.69, 9.17) is 17.0 Å². The second-order valence-electron chi connectivity index (χ2n) is 6.93. The molecule has 144 valence electrons. The molecule has 9 heteroatoms. The molecule has 1 saturated heterocycles. The van der Waals surface area contributed by atoms with Gasteiger partial charge in [-0.25, -0.2) is 13.2 Å². The Hall–Kier alpha value is -2.13. The highest BCUT2D eigenvalue weighted by atomic mass is 32.1. The van der Waals surface area contributed by atoms with Crippen LogP contribution in [0.2, 0.25) is 0 Å². The number of hydrogen-bond acceptors (Lipinski definition) is 3. The fourth-order valence-electron chi connectivity index (χ4n) is 3.84. The highest BCUT2D eigenvalue weighted by molar-refractivity contribution is 7.71. The number of carbonyl (C=O) groups is 1. The molecule has 0 saturated carbocycles. The van der Waals surface area contributed by atoms with Gasteiger partial charge in [0.15, 0.2) is 16.4 Å². The van der Waals surface area contributed by atoms with Crippen molar-refractivity contribution >= 4 is 18.1 Å². The van der Waals surface area contributed by atoms with Gasteiger partial charge in [-0.2, -0.15) is 0 Å². The van der Waals surface area contributed by atoms with Crippen molar-refractivity contribution in [3.05, 3.63) is 51.3 Å². The van der Waals surface area contributed by atoms with Crippen LogP contribution in [0.15, 0.2) is 12.1 Å². The van der Waals surface area contributed by atoms with Crippen LogP contribution in [-0.4, -0.2) is 34.7 Å². The molecule has 2 aliphatic rings. The Bertz CT molecular complexity index is 950. The Labute approximate surface area is 158 Å². The lowest BCUT2D eigenvalue weighted by molar-refractivity contribution is -0.121. The average Bonchev–Trinajstić information content (AvgIpc) is 3.32. The van der Waals surface area contributed by atoms with E-state index in [9.17, 15) is 18.0 Å². The fourth-order valence-corrected chi connectivity index (χ4v) is 4.15. The summed E-state index contributed by atoms with van der Waals surface area (Å²) < 4.78 is 49.2. The smallest absolute Gasteiger partial charge is 0.226 e. The average molecular weight is 397 g/mol. The zero-order valence-corrected chi connectivity index (χ0v) is 15.2. The first-order chi connectivity index (χ1) is 12.9. The highest BCUT2D eigenvalue weighted by Crippen LogP contribution is 2.35. The number of aromatic nitrogens is 2. The lowest BCUT2D eigenvalue weighted by Gasteiger charge is -2.13. The van der Waals surface area contributed by atoms with Crippen molar-refractivity contribution in [2.24, 2.45) is 0 Å². The second kappa shape index (κ2) is 7.12. The summed E-state index contributed by atoms with van der Waals surface area (Å²) in [6.45, 7) is 1.36. The van der Waals surface area contributed by atoms with Crippen LogP contribution >= 0.6 is 12.2 Å². The number of hydrogen-bond donors (Lipinski definition) is 2. The minimum atomic E-state index is -1.17. The Morgan fingerprint density at radius 3 is 2.85 bits per heavy atom. The maximum atomic E-state index is 14.1. The van der Waals surface area contributed by atoms with Crippen LogP contribution in [0.3, 0.4) is 0 Å². The number of H-pyrrole nitrogens is 1. The monoisotopic (exact) mass is 397 g/mol. The van der Waals surface area contributed by atoms with Crippen LogP contribution in [0.4, 0.5) is 13.2 Å². The summed E-state index contributed by atoms with van der Waals surface area (Å²) >= 11 is 5.28. The van der Waals surface area contributed by atoms with Crippen LogP contribution in [-0.2, 0) is 28.9 Å². The number of benzene rings is 1. The van der Waals surface area contributed by atoms with E-state index in [0.717, 1.165) is 24.2 Å². The summed E-state index contributed by atoms with van der Waals surface area (Å²) in [5, 5.41) is 2.90. The molecule has 1 aromatic carbocycles. The summed E-state index contributed by atoms with van der Waals surface area (Å²) in [5.74, 6) is -3.76. The molecule has 1 aromatic heterocycles. The number of rotatable bonds is 4. The molecule has 0 radical (unpaired) electrons. The van der Waals surface area contributed by atoms with Gasteiger partial charge >= 0.3 is 0 Å². The van der Waals surface area contributed by atoms with E-state index >= 15 is 0 Å². The summed E-state index contributed by atoms with van der Waals surface area (Å²) in [6, 6.07) is 1.71. The summed E-state index contributed by atoms with van der Waals surface area (Å²) in [5.41, 5.74) is 1.08. The third-order valence-electron chi connectivity index (χ3n) is 5.14. The van der Waals surface area contributed by atoms with E-state index < -0.39 is 23.4 Å². The van der Waals surface area contributed by atoms with Crippen LogP contribution < -0.4 is 5.32 Å². The third-order valence-corrected chi connectivity index (χ3v) is 5.46. The van der Waals surface area contributed by atoms with Crippen molar-refractivity contribution in [2.45, 2.75) is 37.8 Å². The first-order valence-electron chi connectivity index (χ1n) is 8.75. The van der Waals surface area contributed by atoms with E-state index in [1.54, 1.807) is 4.57 Å². The normalized spacial score (nSPS) is 21.4. The Kier molecular flexibility index (Phi) is 4.81. The van der Waals surface area contributed by atoms with Crippen LogP contribution in [0.1, 0.15) is 29.3 Å². The quantitative estimate of drug-likeness (QED) is 0.616. The van der Waals surface area contributed by atoms with Gasteiger partial charge in [-0.3, -0.25) is 4.79 Å². The minimum absolute atomic E-state index is 0.000583. The van der Waals surface area contributed by atoms with Gasteiger partial charge in [0.05, 0.1) is 19.1 Å². The number of nitrogens with one attached hydrogen (secondary N) is 2. The molecule has 0 aliphatic carbocycles. The molecule has 2 aromatic rings. The summed E-state index contributed by atoms with van der Waals surface area (Å²) in [6.07, 6.45) is 1.14. The number of ether oxygens (including phenoxy) is 1. The van der Waals surface area contributed by atoms with Gasteiger partial charge < -0.3 is 19.6 Å². The van der Waals surface area contributed by atoms with Crippen molar-refractivity contribution in [3.8, 4) is 0 Å². The van der Waals surface area contributed by atoms with Crippen LogP contribution in [0, 0.1) is 22.2 Å². The third kappa shape index (κ3) is 3.41. The van der Waals surface area contributed by atoms with Crippen LogP contribution in [0.25, 0.3) is 0 Å². The van der Waals surface area contributed by atoms with Gasteiger partial charge in [-0.1, -0.05) is 0 Å². The SMILES string of the molecule is O=C(Cc1[nH]c(=S)n2c1C[C@H](c1c(F)ccc(F)c1F)C2)N[C@H]1CCOC1. The maximum absolute atomic E-state index is 14.1. The molecule has 2 aliphatic heterocycles. The molecule has 2 atom stereocenters. The lowest BCUT2D eigenvalue weighted by atomic mass is 9.95. The highest BCUT2D eigenvalue weighted by Gasteiger charge is 2.32. The number of amides is 1. The number of carbonyl (C=O) groups excluding carboxylic acids is 1. The number of nitrogens with zero attached hydrogens (tertiary/aromatic N) is 1. The fraction of sp³-hybridized carbons (Fsp3) is 0.444. The number of halogens is 3. The van der Waals surface area contributed by atoms with Gasteiger partial charge in [-0.15, -0.1) is 0 Å². The predicted molar refractivity (Wildman–Crippen MR) is 93.4 cm³/mol. The van der Waals surface area contributed by atoms with E-state index in [1.165, 1.54) is 0 Å². The predicted octanol–water partition coefficient (Wildman–Crippen LogP) is 2.75. The number of fused-ring (bicyclic) bond motifs is 1. The molecule has 27 heavy (non-hydrogen) atoms. The molecule has 1 fully saturated rings. The summed E-state index contributed by atoms with van der Waals surface area (Å²) in [4.78, 5) is 15.3. The topological polar surface area (TPSA) is 59.0 Å². The zero-order valence-electron chi connectivity index (χ0n) is 14.4. The molecule has 1 amide bonds. The van der Waals surface area contributed by atoms with Gasteiger partial charge in [0, 0.05) is 36.0 Å². The second-order valence-corrected chi connectivity index (χ2v) is 7.32. The van der Waals surface area contributed by atoms with Crippen LogP contribution in [0.5, 0.6) is 0 Å². The molecular formula is C18H18F3N3O2S. The molecular weight excluding hydrogens is 379 g/mol. The molecule has 5 nitrogen and oxygen atoms in total. The first-order valence-corrected chi connectivity index (χ1v) is 9.16. The van der Waals surface area contributed by atoms with E-state index in [-0.39, 0.29) is 36.9 Å². The maximum Gasteiger partial charge on any atom is 0.226 e. The van der Waals surface area contributed by atoms with Crippen molar-refractivity contribution in [3.63, 3.8) is 0 Å². The molecule has 3 heterocycles. The van der Waals surface area contributed by atoms with Gasteiger partial charge in [0.25, 0.3) is 0 Å². The first kappa shape index (κ1) is 18.2. The Balaban J connectivity index is 1.55. The molecule has 0 bridgehead atoms. The van der Waals surface area contributed by atoms with Crippen molar-refractivity contribution < 1.29 is 22.7 Å². The lowest BCUT2D eigenvalue weighted by Crippen LogP contribution is -2.36. The van der Waals surface area contributed by atoms with Crippen molar-refractivity contribution in [1.82, 2.24) is 14.9 Å². The van der Waals surface area contributed by atoms with Gasteiger partial charge in [0.2, 0.25) is 5.91 Å². The molecule has 0 spiro atoms.